The minimum atomic E-state index is 0.526. The molecule has 0 unspecified atom stereocenters. The molecule has 0 radical (unpaired) electrons. The summed E-state index contributed by atoms with van der Waals surface area (Å²) in [5, 5.41) is 8.75. The van der Waals surface area contributed by atoms with Crippen molar-refractivity contribution in [3.05, 3.63) is 59.5 Å². The molecule has 0 fully saturated rings. The number of nitrogens with zero attached hydrogens (tertiary/aromatic N) is 2. The van der Waals surface area contributed by atoms with Crippen LogP contribution in [0.25, 0.3) is 0 Å². The van der Waals surface area contributed by atoms with E-state index in [0.717, 1.165) is 28.4 Å². The van der Waals surface area contributed by atoms with Gasteiger partial charge >= 0.3 is 0 Å². The number of hydrogen-bond donors (Lipinski definition) is 0. The quantitative estimate of drug-likeness (QED) is 0.554. The maximum Gasteiger partial charge on any atom is 0.276 e. The molecule has 7 heteroatoms. The van der Waals surface area contributed by atoms with Gasteiger partial charge in [0.05, 0.1) is 27.8 Å². The first-order valence-electron chi connectivity index (χ1n) is 8.01. The van der Waals surface area contributed by atoms with Gasteiger partial charge in [0.25, 0.3) is 5.22 Å². The van der Waals surface area contributed by atoms with Gasteiger partial charge in [0, 0.05) is 11.3 Å². The van der Waals surface area contributed by atoms with E-state index in [1.807, 2.05) is 42.5 Å². The van der Waals surface area contributed by atoms with Crippen molar-refractivity contribution >= 4 is 11.8 Å². The lowest BCUT2D eigenvalue weighted by molar-refractivity contribution is 0.400. The third-order valence-corrected chi connectivity index (χ3v) is 4.67. The molecule has 1 heterocycles. The highest BCUT2D eigenvalue weighted by Crippen LogP contribution is 2.30. The van der Waals surface area contributed by atoms with Gasteiger partial charge in [0.1, 0.15) is 17.2 Å². The summed E-state index contributed by atoms with van der Waals surface area (Å²) in [6, 6.07) is 13.5. The van der Waals surface area contributed by atoms with E-state index in [2.05, 4.69) is 10.2 Å². The van der Waals surface area contributed by atoms with E-state index in [1.54, 1.807) is 21.3 Å². The van der Waals surface area contributed by atoms with Crippen molar-refractivity contribution in [2.45, 2.75) is 17.4 Å². The predicted molar refractivity (Wildman–Crippen MR) is 99.2 cm³/mol. The molecule has 0 amide bonds. The maximum atomic E-state index is 5.73. The van der Waals surface area contributed by atoms with Gasteiger partial charge in [-0.2, -0.15) is 0 Å². The first kappa shape index (κ1) is 18.1. The smallest absolute Gasteiger partial charge is 0.276 e. The average molecular weight is 372 g/mol. The standard InChI is InChI=1S/C19H20N2O4S/c1-22-15-6-4-13(5-7-15)10-18-20-21-19(25-18)26-12-14-11-16(23-2)8-9-17(14)24-3/h4-9,11H,10,12H2,1-3H3. The van der Waals surface area contributed by atoms with Gasteiger partial charge in [0.15, 0.2) is 0 Å². The second kappa shape index (κ2) is 8.62. The number of hydrogen-bond acceptors (Lipinski definition) is 7. The number of ether oxygens (including phenoxy) is 3. The number of rotatable bonds is 8. The Labute approximate surface area is 156 Å². The van der Waals surface area contributed by atoms with Crippen LogP contribution >= 0.6 is 11.8 Å². The number of thioether (sulfide) groups is 1. The van der Waals surface area contributed by atoms with E-state index in [4.69, 9.17) is 18.6 Å². The molecule has 0 saturated carbocycles. The third kappa shape index (κ3) is 4.49. The fraction of sp³-hybridized carbons (Fsp3) is 0.263. The van der Waals surface area contributed by atoms with Crippen molar-refractivity contribution in [1.29, 1.82) is 0 Å². The minimum Gasteiger partial charge on any atom is -0.497 e. The molecule has 0 atom stereocenters. The zero-order valence-electron chi connectivity index (χ0n) is 14.9. The zero-order chi connectivity index (χ0) is 18.4. The van der Waals surface area contributed by atoms with Crippen LogP contribution in [-0.4, -0.2) is 31.5 Å². The van der Waals surface area contributed by atoms with Crippen LogP contribution in [0.4, 0.5) is 0 Å². The predicted octanol–water partition coefficient (Wildman–Crippen LogP) is 3.98. The summed E-state index contributed by atoms with van der Waals surface area (Å²) in [4.78, 5) is 0. The summed E-state index contributed by atoms with van der Waals surface area (Å²) in [5.74, 6) is 3.63. The number of benzene rings is 2. The Balaban J connectivity index is 1.63. The first-order valence-corrected chi connectivity index (χ1v) is 8.99. The van der Waals surface area contributed by atoms with E-state index in [1.165, 1.54) is 11.8 Å². The van der Waals surface area contributed by atoms with Crippen molar-refractivity contribution in [3.63, 3.8) is 0 Å². The molecule has 1 aromatic heterocycles. The molecule has 0 aliphatic carbocycles. The van der Waals surface area contributed by atoms with Crippen LogP contribution in [0.15, 0.2) is 52.1 Å². The second-order valence-electron chi connectivity index (χ2n) is 5.45. The van der Waals surface area contributed by atoms with Gasteiger partial charge in [-0.05, 0) is 35.9 Å². The molecule has 3 aromatic rings. The van der Waals surface area contributed by atoms with Crippen molar-refractivity contribution in [3.8, 4) is 17.2 Å². The molecule has 0 N–H and O–H groups in total. The molecule has 0 bridgehead atoms. The maximum absolute atomic E-state index is 5.73. The van der Waals surface area contributed by atoms with Crippen LogP contribution in [0.2, 0.25) is 0 Å². The van der Waals surface area contributed by atoms with Crippen LogP contribution in [0.1, 0.15) is 17.0 Å². The van der Waals surface area contributed by atoms with Crippen LogP contribution in [0.3, 0.4) is 0 Å². The van der Waals surface area contributed by atoms with Crippen LogP contribution in [-0.2, 0) is 12.2 Å². The van der Waals surface area contributed by atoms with Gasteiger partial charge < -0.3 is 18.6 Å². The Hall–Kier alpha value is -2.67. The molecule has 0 aliphatic heterocycles. The SMILES string of the molecule is COc1ccc(Cc2nnc(SCc3cc(OC)ccc3OC)o2)cc1. The zero-order valence-corrected chi connectivity index (χ0v) is 15.7. The molecule has 136 valence electrons. The Morgan fingerprint density at radius 3 is 2.31 bits per heavy atom. The van der Waals surface area contributed by atoms with Gasteiger partial charge in [-0.25, -0.2) is 0 Å². The molecule has 0 saturated heterocycles. The lowest BCUT2D eigenvalue weighted by Crippen LogP contribution is -1.92. The molecule has 26 heavy (non-hydrogen) atoms. The first-order chi connectivity index (χ1) is 12.7. The average Bonchev–Trinajstić information content (AvgIpc) is 3.14. The van der Waals surface area contributed by atoms with Crippen LogP contribution < -0.4 is 14.2 Å². The van der Waals surface area contributed by atoms with E-state index in [-0.39, 0.29) is 0 Å². The number of methoxy groups -OCH3 is 3. The monoisotopic (exact) mass is 372 g/mol. The molecule has 0 spiro atoms. The normalized spacial score (nSPS) is 10.6. The van der Waals surface area contributed by atoms with Gasteiger partial charge in [-0.1, -0.05) is 23.9 Å². The lowest BCUT2D eigenvalue weighted by atomic mass is 10.1. The van der Waals surface area contributed by atoms with Crippen LogP contribution in [0.5, 0.6) is 17.2 Å². The molecule has 2 aromatic carbocycles. The molecular formula is C19H20N2O4S. The highest BCUT2D eigenvalue weighted by molar-refractivity contribution is 7.98. The highest BCUT2D eigenvalue weighted by Gasteiger charge is 2.11. The highest BCUT2D eigenvalue weighted by atomic mass is 32.2. The van der Waals surface area contributed by atoms with Crippen molar-refractivity contribution in [2.24, 2.45) is 0 Å². The van der Waals surface area contributed by atoms with E-state index in [0.29, 0.717) is 23.3 Å². The summed E-state index contributed by atoms with van der Waals surface area (Å²) in [6.45, 7) is 0. The Morgan fingerprint density at radius 2 is 1.62 bits per heavy atom. The van der Waals surface area contributed by atoms with Crippen LogP contribution in [0, 0.1) is 0 Å². The molecule has 3 rings (SSSR count). The molecular weight excluding hydrogens is 352 g/mol. The van der Waals surface area contributed by atoms with Gasteiger partial charge in [-0.15, -0.1) is 10.2 Å². The summed E-state index contributed by atoms with van der Waals surface area (Å²) in [5.41, 5.74) is 2.09. The summed E-state index contributed by atoms with van der Waals surface area (Å²) >= 11 is 1.46. The van der Waals surface area contributed by atoms with E-state index < -0.39 is 0 Å². The Kier molecular flexibility index (Phi) is 6.01. The fourth-order valence-electron chi connectivity index (χ4n) is 2.42. The van der Waals surface area contributed by atoms with Crippen molar-refractivity contribution < 1.29 is 18.6 Å². The van der Waals surface area contributed by atoms with Crippen molar-refractivity contribution in [1.82, 2.24) is 10.2 Å². The molecule has 0 aliphatic rings. The van der Waals surface area contributed by atoms with Crippen molar-refractivity contribution in [2.75, 3.05) is 21.3 Å². The topological polar surface area (TPSA) is 66.6 Å². The van der Waals surface area contributed by atoms with E-state index in [9.17, 15) is 0 Å². The largest absolute Gasteiger partial charge is 0.497 e. The fourth-order valence-corrected chi connectivity index (χ4v) is 3.18. The lowest BCUT2D eigenvalue weighted by Gasteiger charge is -2.09. The summed E-state index contributed by atoms with van der Waals surface area (Å²) in [6.07, 6.45) is 0.583. The number of aromatic nitrogens is 2. The summed E-state index contributed by atoms with van der Waals surface area (Å²) < 4.78 is 21.6. The third-order valence-electron chi connectivity index (χ3n) is 3.80. The van der Waals surface area contributed by atoms with E-state index >= 15 is 0 Å². The van der Waals surface area contributed by atoms with Gasteiger partial charge in [0.2, 0.25) is 5.89 Å². The summed E-state index contributed by atoms with van der Waals surface area (Å²) in [7, 11) is 4.94. The second-order valence-corrected chi connectivity index (χ2v) is 6.38. The molecule has 6 nitrogen and oxygen atoms in total. The van der Waals surface area contributed by atoms with Gasteiger partial charge in [-0.3, -0.25) is 0 Å². The Morgan fingerprint density at radius 1 is 0.885 bits per heavy atom. The Bertz CT molecular complexity index is 849. The minimum absolute atomic E-state index is 0.526.